The Balaban J connectivity index is 2.24. The highest BCUT2D eigenvalue weighted by molar-refractivity contribution is 5.37. The van der Waals surface area contributed by atoms with E-state index in [1.54, 1.807) is 18.5 Å². The average molecular weight is 264 g/mol. The SMILES string of the molecule is CC(C)c1c(F)cc(F)cc1OCc1ncccn1. The molecule has 0 spiro atoms. The highest BCUT2D eigenvalue weighted by Gasteiger charge is 2.16. The number of halogens is 2. The first-order valence-electron chi connectivity index (χ1n) is 5.95. The minimum absolute atomic E-state index is 0.0729. The van der Waals surface area contributed by atoms with E-state index in [4.69, 9.17) is 4.74 Å². The summed E-state index contributed by atoms with van der Waals surface area (Å²) in [5, 5.41) is 0. The number of ether oxygens (including phenoxy) is 1. The predicted molar refractivity (Wildman–Crippen MR) is 66.8 cm³/mol. The fourth-order valence-corrected chi connectivity index (χ4v) is 1.79. The zero-order valence-corrected chi connectivity index (χ0v) is 10.7. The Hall–Kier alpha value is -2.04. The molecule has 0 aliphatic heterocycles. The second-order valence-corrected chi connectivity index (χ2v) is 4.41. The molecule has 0 aliphatic rings. The molecule has 1 aromatic heterocycles. The molecule has 2 aromatic rings. The second-order valence-electron chi connectivity index (χ2n) is 4.41. The molecule has 0 unspecified atom stereocenters. The normalized spacial score (nSPS) is 10.8. The molecule has 0 aliphatic carbocycles. The van der Waals surface area contributed by atoms with Gasteiger partial charge in [-0.05, 0) is 12.0 Å². The summed E-state index contributed by atoms with van der Waals surface area (Å²) in [6, 6.07) is 3.73. The standard InChI is InChI=1S/C14H14F2N2O/c1-9(2)14-11(16)6-10(15)7-12(14)19-8-13-17-4-3-5-18-13/h3-7,9H,8H2,1-2H3. The van der Waals surface area contributed by atoms with Crippen LogP contribution in [0.3, 0.4) is 0 Å². The van der Waals surface area contributed by atoms with Gasteiger partial charge in [0.15, 0.2) is 5.82 Å². The van der Waals surface area contributed by atoms with Crippen LogP contribution in [0.2, 0.25) is 0 Å². The highest BCUT2D eigenvalue weighted by atomic mass is 19.1. The van der Waals surface area contributed by atoms with E-state index in [9.17, 15) is 8.78 Å². The molecule has 1 heterocycles. The van der Waals surface area contributed by atoms with Crippen LogP contribution in [0.4, 0.5) is 8.78 Å². The lowest BCUT2D eigenvalue weighted by molar-refractivity contribution is 0.287. The van der Waals surface area contributed by atoms with Gasteiger partial charge in [0.2, 0.25) is 0 Å². The van der Waals surface area contributed by atoms with Crippen molar-refractivity contribution in [3.05, 3.63) is 53.6 Å². The quantitative estimate of drug-likeness (QED) is 0.848. The molecule has 1 aromatic carbocycles. The van der Waals surface area contributed by atoms with Crippen molar-refractivity contribution in [1.82, 2.24) is 9.97 Å². The zero-order chi connectivity index (χ0) is 13.8. The van der Waals surface area contributed by atoms with Gasteiger partial charge in [0, 0.05) is 30.1 Å². The molecule has 5 heteroatoms. The number of rotatable bonds is 4. The molecular weight excluding hydrogens is 250 g/mol. The monoisotopic (exact) mass is 264 g/mol. The summed E-state index contributed by atoms with van der Waals surface area (Å²) in [5.74, 6) is -0.709. The molecule has 0 amide bonds. The zero-order valence-electron chi connectivity index (χ0n) is 10.7. The van der Waals surface area contributed by atoms with E-state index in [1.807, 2.05) is 13.8 Å². The van der Waals surface area contributed by atoms with Crippen molar-refractivity contribution >= 4 is 0 Å². The van der Waals surface area contributed by atoms with E-state index in [2.05, 4.69) is 9.97 Å². The Morgan fingerprint density at radius 3 is 2.47 bits per heavy atom. The summed E-state index contributed by atoms with van der Waals surface area (Å²) in [5.41, 5.74) is 0.359. The van der Waals surface area contributed by atoms with Crippen molar-refractivity contribution in [3.8, 4) is 5.75 Å². The van der Waals surface area contributed by atoms with Gasteiger partial charge in [-0.2, -0.15) is 0 Å². The Kier molecular flexibility index (Phi) is 4.04. The molecule has 0 radical (unpaired) electrons. The topological polar surface area (TPSA) is 35.0 Å². The van der Waals surface area contributed by atoms with Crippen molar-refractivity contribution in [1.29, 1.82) is 0 Å². The van der Waals surface area contributed by atoms with Crippen LogP contribution >= 0.6 is 0 Å². The van der Waals surface area contributed by atoms with Crippen molar-refractivity contribution in [2.75, 3.05) is 0 Å². The van der Waals surface area contributed by atoms with Crippen molar-refractivity contribution in [3.63, 3.8) is 0 Å². The van der Waals surface area contributed by atoms with Crippen LogP contribution in [0.25, 0.3) is 0 Å². The van der Waals surface area contributed by atoms with Crippen LogP contribution in [0.5, 0.6) is 5.75 Å². The van der Waals surface area contributed by atoms with E-state index in [-0.39, 0.29) is 18.3 Å². The molecule has 0 bridgehead atoms. The molecular formula is C14H14F2N2O. The lowest BCUT2D eigenvalue weighted by Gasteiger charge is -2.14. The molecule has 0 fully saturated rings. The summed E-state index contributed by atoms with van der Waals surface area (Å²) in [6.45, 7) is 3.72. The van der Waals surface area contributed by atoms with Gasteiger partial charge in [-0.25, -0.2) is 18.7 Å². The first kappa shape index (κ1) is 13.4. The number of hydrogen-bond acceptors (Lipinski definition) is 3. The Morgan fingerprint density at radius 2 is 1.84 bits per heavy atom. The van der Waals surface area contributed by atoms with Gasteiger partial charge in [-0.15, -0.1) is 0 Å². The molecule has 19 heavy (non-hydrogen) atoms. The van der Waals surface area contributed by atoms with E-state index in [0.29, 0.717) is 11.4 Å². The van der Waals surface area contributed by atoms with Gasteiger partial charge in [0.1, 0.15) is 24.0 Å². The first-order valence-corrected chi connectivity index (χ1v) is 5.95. The number of benzene rings is 1. The lowest BCUT2D eigenvalue weighted by Crippen LogP contribution is -2.05. The van der Waals surface area contributed by atoms with Crippen LogP contribution in [0.15, 0.2) is 30.6 Å². The molecule has 0 saturated carbocycles. The van der Waals surface area contributed by atoms with Gasteiger partial charge in [0.25, 0.3) is 0 Å². The van der Waals surface area contributed by atoms with E-state index in [1.165, 1.54) is 6.07 Å². The third-order valence-corrected chi connectivity index (χ3v) is 2.61. The van der Waals surface area contributed by atoms with Crippen molar-refractivity contribution in [2.45, 2.75) is 26.4 Å². The molecule has 0 N–H and O–H groups in total. The molecule has 2 rings (SSSR count). The lowest BCUT2D eigenvalue weighted by atomic mass is 10.0. The fourth-order valence-electron chi connectivity index (χ4n) is 1.79. The maximum absolute atomic E-state index is 13.7. The highest BCUT2D eigenvalue weighted by Crippen LogP contribution is 2.30. The van der Waals surface area contributed by atoms with Gasteiger partial charge < -0.3 is 4.74 Å². The van der Waals surface area contributed by atoms with E-state index < -0.39 is 11.6 Å². The second kappa shape index (κ2) is 5.73. The van der Waals surface area contributed by atoms with Gasteiger partial charge in [-0.1, -0.05) is 13.8 Å². The number of aromatic nitrogens is 2. The average Bonchev–Trinajstić information content (AvgIpc) is 2.36. The van der Waals surface area contributed by atoms with E-state index in [0.717, 1.165) is 6.07 Å². The summed E-state index contributed by atoms with van der Waals surface area (Å²) in [6.07, 6.45) is 3.17. The summed E-state index contributed by atoms with van der Waals surface area (Å²) < 4.78 is 32.4. The third-order valence-electron chi connectivity index (χ3n) is 2.61. The Bertz CT molecular complexity index is 559. The minimum Gasteiger partial charge on any atom is -0.485 e. The minimum atomic E-state index is -0.661. The number of nitrogens with zero attached hydrogens (tertiary/aromatic N) is 2. The predicted octanol–water partition coefficient (Wildman–Crippen LogP) is 3.46. The molecule has 100 valence electrons. The number of hydrogen-bond donors (Lipinski definition) is 0. The van der Waals surface area contributed by atoms with Crippen molar-refractivity contribution < 1.29 is 13.5 Å². The summed E-state index contributed by atoms with van der Waals surface area (Å²) in [7, 11) is 0. The largest absolute Gasteiger partial charge is 0.485 e. The fraction of sp³-hybridized carbons (Fsp3) is 0.286. The van der Waals surface area contributed by atoms with Crippen LogP contribution in [0.1, 0.15) is 31.2 Å². The van der Waals surface area contributed by atoms with Gasteiger partial charge in [-0.3, -0.25) is 0 Å². The summed E-state index contributed by atoms with van der Waals surface area (Å²) >= 11 is 0. The molecule has 0 saturated heterocycles. The first-order chi connectivity index (χ1) is 9.08. The van der Waals surface area contributed by atoms with Crippen LogP contribution in [0, 0.1) is 11.6 Å². The maximum atomic E-state index is 13.7. The Morgan fingerprint density at radius 1 is 1.16 bits per heavy atom. The van der Waals surface area contributed by atoms with Crippen LogP contribution in [-0.2, 0) is 6.61 Å². The third kappa shape index (κ3) is 3.24. The summed E-state index contributed by atoms with van der Waals surface area (Å²) in [4.78, 5) is 7.98. The van der Waals surface area contributed by atoms with Crippen LogP contribution in [-0.4, -0.2) is 9.97 Å². The van der Waals surface area contributed by atoms with Crippen molar-refractivity contribution in [2.24, 2.45) is 0 Å². The van der Waals surface area contributed by atoms with Gasteiger partial charge in [0.05, 0.1) is 0 Å². The van der Waals surface area contributed by atoms with Gasteiger partial charge >= 0.3 is 0 Å². The molecule has 3 nitrogen and oxygen atoms in total. The maximum Gasteiger partial charge on any atom is 0.166 e. The smallest absolute Gasteiger partial charge is 0.166 e. The Labute approximate surface area is 110 Å². The van der Waals surface area contributed by atoms with Crippen LogP contribution < -0.4 is 4.74 Å². The van der Waals surface area contributed by atoms with E-state index >= 15 is 0 Å². The molecule has 0 atom stereocenters.